The third kappa shape index (κ3) is 3.27. The van der Waals surface area contributed by atoms with Gasteiger partial charge in [-0.25, -0.2) is 0 Å². The number of rotatable bonds is 4. The number of hydrogen-bond acceptors (Lipinski definition) is 3. The van der Waals surface area contributed by atoms with Crippen molar-refractivity contribution in [3.63, 3.8) is 0 Å². The molecule has 1 aromatic carbocycles. The molecule has 0 heterocycles. The van der Waals surface area contributed by atoms with E-state index >= 15 is 0 Å². The summed E-state index contributed by atoms with van der Waals surface area (Å²) < 4.78 is 0. The molecule has 0 saturated carbocycles. The lowest BCUT2D eigenvalue weighted by Gasteiger charge is -2.07. The number of phenols is 2. The highest BCUT2D eigenvalue weighted by Crippen LogP contribution is 2.31. The minimum Gasteiger partial charge on any atom is -0.504 e. The van der Waals surface area contributed by atoms with Crippen molar-refractivity contribution in [1.82, 2.24) is 0 Å². The van der Waals surface area contributed by atoms with Gasteiger partial charge in [0, 0.05) is 5.71 Å². The summed E-state index contributed by atoms with van der Waals surface area (Å²) in [5.41, 5.74) is 2.34. The van der Waals surface area contributed by atoms with E-state index in [4.69, 9.17) is 5.41 Å². The average Bonchev–Trinajstić information content (AvgIpc) is 2.12. The van der Waals surface area contributed by atoms with Gasteiger partial charge in [0.2, 0.25) is 0 Å². The van der Waals surface area contributed by atoms with Crippen LogP contribution in [0, 0.1) is 12.3 Å². The minimum atomic E-state index is -0.0587. The summed E-state index contributed by atoms with van der Waals surface area (Å²) >= 11 is 0. The van der Waals surface area contributed by atoms with Gasteiger partial charge in [0.05, 0.1) is 0 Å². The van der Waals surface area contributed by atoms with E-state index in [0.717, 1.165) is 24.0 Å². The maximum Gasteiger partial charge on any atom is 0.160 e. The molecule has 3 heteroatoms. The molecule has 0 aliphatic rings. The first-order valence-electron chi connectivity index (χ1n) is 5.06. The number of phenolic OH excluding ortho intramolecular Hbond substituents is 2. The van der Waals surface area contributed by atoms with Crippen molar-refractivity contribution < 1.29 is 10.2 Å². The molecule has 0 bridgehead atoms. The van der Waals surface area contributed by atoms with E-state index in [2.05, 4.69) is 0 Å². The fourth-order valence-electron chi connectivity index (χ4n) is 1.57. The summed E-state index contributed by atoms with van der Waals surface area (Å²) in [5.74, 6) is -0.0835. The van der Waals surface area contributed by atoms with Crippen LogP contribution < -0.4 is 0 Å². The normalized spacial score (nSPS) is 10.3. The number of nitrogens with one attached hydrogen (secondary N) is 1. The average molecular weight is 207 g/mol. The van der Waals surface area contributed by atoms with Gasteiger partial charge in [-0.3, -0.25) is 0 Å². The van der Waals surface area contributed by atoms with Crippen LogP contribution in [0.2, 0.25) is 0 Å². The highest BCUT2D eigenvalue weighted by Gasteiger charge is 2.07. The topological polar surface area (TPSA) is 64.3 Å². The maximum atomic E-state index is 9.58. The second kappa shape index (κ2) is 4.82. The summed E-state index contributed by atoms with van der Waals surface area (Å²) in [6.07, 6.45) is 2.25. The van der Waals surface area contributed by atoms with Crippen LogP contribution in [0.5, 0.6) is 11.5 Å². The van der Waals surface area contributed by atoms with Crippen LogP contribution in [-0.2, 0) is 6.42 Å². The molecule has 0 saturated heterocycles. The Morgan fingerprint density at radius 3 is 2.60 bits per heavy atom. The lowest BCUT2D eigenvalue weighted by Crippen LogP contribution is -1.93. The molecular weight excluding hydrogens is 190 g/mol. The van der Waals surface area contributed by atoms with Gasteiger partial charge in [-0.05, 0) is 50.3 Å². The third-order valence-corrected chi connectivity index (χ3v) is 2.31. The zero-order chi connectivity index (χ0) is 11.4. The van der Waals surface area contributed by atoms with Crippen molar-refractivity contribution in [3.05, 3.63) is 23.3 Å². The van der Waals surface area contributed by atoms with Crippen molar-refractivity contribution in [1.29, 1.82) is 5.41 Å². The molecule has 0 aliphatic heterocycles. The Morgan fingerprint density at radius 1 is 1.33 bits per heavy atom. The van der Waals surface area contributed by atoms with Crippen LogP contribution in [-0.4, -0.2) is 15.9 Å². The molecule has 0 atom stereocenters. The molecule has 3 nitrogen and oxygen atoms in total. The zero-order valence-electron chi connectivity index (χ0n) is 9.17. The Balaban J connectivity index is 2.72. The first-order chi connectivity index (χ1) is 7.00. The summed E-state index contributed by atoms with van der Waals surface area (Å²) in [6, 6.07) is 3.41. The summed E-state index contributed by atoms with van der Waals surface area (Å²) in [7, 11) is 0. The molecule has 0 amide bonds. The monoisotopic (exact) mass is 207 g/mol. The van der Waals surface area contributed by atoms with Gasteiger partial charge in [0.15, 0.2) is 11.5 Å². The standard InChI is InChI=1S/C12H17NO2/c1-8-6-10(5-3-4-9(2)13)12(15)11(14)7-8/h6-7,13-15H,3-5H2,1-2H3. The van der Waals surface area contributed by atoms with Gasteiger partial charge in [0.25, 0.3) is 0 Å². The second-order valence-electron chi connectivity index (χ2n) is 3.93. The molecule has 0 spiro atoms. The van der Waals surface area contributed by atoms with Gasteiger partial charge in [-0.15, -0.1) is 0 Å². The largest absolute Gasteiger partial charge is 0.504 e. The molecule has 0 radical (unpaired) electrons. The minimum absolute atomic E-state index is 0.0248. The van der Waals surface area contributed by atoms with Crippen molar-refractivity contribution in [2.24, 2.45) is 0 Å². The Hall–Kier alpha value is -1.51. The molecule has 0 aliphatic carbocycles. The van der Waals surface area contributed by atoms with Crippen molar-refractivity contribution in [3.8, 4) is 11.5 Å². The third-order valence-electron chi connectivity index (χ3n) is 2.31. The lowest BCUT2D eigenvalue weighted by molar-refractivity contribution is 0.398. The van der Waals surface area contributed by atoms with Crippen LogP contribution in [0.3, 0.4) is 0 Å². The van der Waals surface area contributed by atoms with E-state index in [1.54, 1.807) is 13.0 Å². The Bertz CT molecular complexity index is 372. The number of aryl methyl sites for hydroxylation is 2. The molecule has 1 rings (SSSR count). The predicted molar refractivity (Wildman–Crippen MR) is 60.8 cm³/mol. The quantitative estimate of drug-likeness (QED) is 0.525. The molecule has 3 N–H and O–H groups in total. The van der Waals surface area contributed by atoms with Gasteiger partial charge in [-0.2, -0.15) is 0 Å². The van der Waals surface area contributed by atoms with Gasteiger partial charge >= 0.3 is 0 Å². The predicted octanol–water partition coefficient (Wildman–Crippen LogP) is 2.77. The summed E-state index contributed by atoms with van der Waals surface area (Å²) in [5, 5.41) is 26.3. The van der Waals surface area contributed by atoms with E-state index < -0.39 is 0 Å². The SMILES string of the molecule is CC(=N)CCCc1cc(C)cc(O)c1O. The Morgan fingerprint density at radius 2 is 2.00 bits per heavy atom. The molecule has 15 heavy (non-hydrogen) atoms. The molecule has 0 unspecified atom stereocenters. The molecular formula is C12H17NO2. The molecule has 0 aromatic heterocycles. The lowest BCUT2D eigenvalue weighted by atomic mass is 10.0. The van der Waals surface area contributed by atoms with Crippen LogP contribution in [0.15, 0.2) is 12.1 Å². The van der Waals surface area contributed by atoms with Crippen molar-refractivity contribution in [2.75, 3.05) is 0 Å². The molecule has 1 aromatic rings. The number of hydrogen-bond donors (Lipinski definition) is 3. The van der Waals surface area contributed by atoms with Crippen LogP contribution in [0.4, 0.5) is 0 Å². The molecule has 0 fully saturated rings. The second-order valence-corrected chi connectivity index (χ2v) is 3.93. The van der Waals surface area contributed by atoms with E-state index in [1.807, 2.05) is 13.0 Å². The fourth-order valence-corrected chi connectivity index (χ4v) is 1.57. The fraction of sp³-hybridized carbons (Fsp3) is 0.417. The van der Waals surface area contributed by atoms with Crippen molar-refractivity contribution >= 4 is 5.71 Å². The van der Waals surface area contributed by atoms with Crippen molar-refractivity contribution in [2.45, 2.75) is 33.1 Å². The number of aromatic hydroxyl groups is 2. The van der Waals surface area contributed by atoms with E-state index in [-0.39, 0.29) is 11.5 Å². The van der Waals surface area contributed by atoms with Gasteiger partial charge in [0.1, 0.15) is 0 Å². The number of benzene rings is 1. The first kappa shape index (κ1) is 11.6. The smallest absolute Gasteiger partial charge is 0.160 e. The maximum absolute atomic E-state index is 9.58. The van der Waals surface area contributed by atoms with Crippen LogP contribution >= 0.6 is 0 Å². The highest BCUT2D eigenvalue weighted by atomic mass is 16.3. The summed E-state index contributed by atoms with van der Waals surface area (Å²) in [6.45, 7) is 3.65. The Labute approximate surface area is 89.9 Å². The van der Waals surface area contributed by atoms with Crippen LogP contribution in [0.25, 0.3) is 0 Å². The summed E-state index contributed by atoms with van der Waals surface area (Å²) in [4.78, 5) is 0. The first-order valence-corrected chi connectivity index (χ1v) is 5.06. The van der Waals surface area contributed by atoms with E-state index in [0.29, 0.717) is 12.1 Å². The van der Waals surface area contributed by atoms with Crippen LogP contribution in [0.1, 0.15) is 30.9 Å². The highest BCUT2D eigenvalue weighted by molar-refractivity contribution is 5.78. The van der Waals surface area contributed by atoms with E-state index in [9.17, 15) is 10.2 Å². The molecule has 82 valence electrons. The Kier molecular flexibility index (Phi) is 3.72. The van der Waals surface area contributed by atoms with E-state index in [1.165, 1.54) is 0 Å². The van der Waals surface area contributed by atoms with Gasteiger partial charge in [-0.1, -0.05) is 6.07 Å². The zero-order valence-corrected chi connectivity index (χ0v) is 9.17. The van der Waals surface area contributed by atoms with Gasteiger partial charge < -0.3 is 15.6 Å².